The highest BCUT2D eigenvalue weighted by Crippen LogP contribution is 2.28. The molecule has 1 heterocycles. The quantitative estimate of drug-likeness (QED) is 0.599. The zero-order chi connectivity index (χ0) is 23.6. The van der Waals surface area contributed by atoms with E-state index in [-0.39, 0.29) is 16.6 Å². The number of amides is 1. The summed E-state index contributed by atoms with van der Waals surface area (Å²) in [4.78, 5) is 17.1. The van der Waals surface area contributed by atoms with E-state index in [2.05, 4.69) is 4.72 Å². The summed E-state index contributed by atoms with van der Waals surface area (Å²) in [6.07, 6.45) is 0. The van der Waals surface area contributed by atoms with Crippen LogP contribution in [0.1, 0.15) is 21.5 Å². The van der Waals surface area contributed by atoms with Gasteiger partial charge in [0.05, 0.1) is 10.6 Å². The lowest BCUT2D eigenvalue weighted by Crippen LogP contribution is -2.49. The highest BCUT2D eigenvalue weighted by atomic mass is 32.2. The zero-order valence-corrected chi connectivity index (χ0v) is 19.5. The third-order valence-corrected chi connectivity index (χ3v) is 7.22. The Hall–Kier alpha value is -3.52. The van der Waals surface area contributed by atoms with Crippen LogP contribution >= 0.6 is 0 Å². The molecule has 33 heavy (non-hydrogen) atoms. The summed E-state index contributed by atoms with van der Waals surface area (Å²) >= 11 is 0. The number of aromatic hydroxyl groups is 1. The van der Waals surface area contributed by atoms with Gasteiger partial charge < -0.3 is 14.9 Å². The molecule has 3 aromatic carbocycles. The number of benzene rings is 3. The van der Waals surface area contributed by atoms with Crippen molar-refractivity contribution in [3.63, 3.8) is 0 Å². The molecular weight excluding hydrogens is 438 g/mol. The summed E-state index contributed by atoms with van der Waals surface area (Å²) in [5, 5.41) is 10.1. The van der Waals surface area contributed by atoms with Crippen molar-refractivity contribution < 1.29 is 18.3 Å². The van der Waals surface area contributed by atoms with Crippen molar-refractivity contribution in [3.05, 3.63) is 83.4 Å². The van der Waals surface area contributed by atoms with E-state index in [4.69, 9.17) is 0 Å². The second-order valence-electron chi connectivity index (χ2n) is 8.22. The monoisotopic (exact) mass is 465 g/mol. The van der Waals surface area contributed by atoms with Crippen molar-refractivity contribution >= 4 is 27.3 Å². The molecule has 0 unspecified atom stereocenters. The number of nitrogens with one attached hydrogen (secondary N) is 1. The number of hydrogen-bond acceptors (Lipinski definition) is 5. The fourth-order valence-electron chi connectivity index (χ4n) is 3.89. The third-order valence-electron chi connectivity index (χ3n) is 5.84. The van der Waals surface area contributed by atoms with E-state index in [0.717, 1.165) is 16.8 Å². The van der Waals surface area contributed by atoms with Crippen LogP contribution in [0, 0.1) is 13.8 Å². The number of sulfonamides is 1. The van der Waals surface area contributed by atoms with E-state index < -0.39 is 10.0 Å². The molecule has 0 atom stereocenters. The summed E-state index contributed by atoms with van der Waals surface area (Å²) in [5.41, 5.74) is 3.34. The molecule has 8 heteroatoms. The average Bonchev–Trinajstić information content (AvgIpc) is 2.81. The second kappa shape index (κ2) is 9.15. The summed E-state index contributed by atoms with van der Waals surface area (Å²) in [5.74, 6) is 0.0175. The molecule has 0 saturated carbocycles. The Balaban J connectivity index is 1.50. The first-order valence-corrected chi connectivity index (χ1v) is 12.3. The molecule has 172 valence electrons. The number of phenolic OH excluding ortho intramolecular Hbond substituents is 1. The average molecular weight is 466 g/mol. The van der Waals surface area contributed by atoms with Gasteiger partial charge in [0.1, 0.15) is 5.75 Å². The van der Waals surface area contributed by atoms with E-state index in [0.29, 0.717) is 37.4 Å². The van der Waals surface area contributed by atoms with Crippen LogP contribution in [0.25, 0.3) is 0 Å². The maximum absolute atomic E-state index is 13.2. The molecule has 0 aromatic heterocycles. The molecule has 2 N–H and O–H groups in total. The summed E-state index contributed by atoms with van der Waals surface area (Å²) in [7, 11) is -3.84. The molecule has 1 fully saturated rings. The van der Waals surface area contributed by atoms with E-state index >= 15 is 0 Å². The van der Waals surface area contributed by atoms with E-state index in [1.165, 1.54) is 12.1 Å². The van der Waals surface area contributed by atoms with Crippen molar-refractivity contribution in [2.75, 3.05) is 35.8 Å². The Bertz CT molecular complexity index is 1270. The maximum Gasteiger partial charge on any atom is 0.261 e. The van der Waals surface area contributed by atoms with Gasteiger partial charge in [-0.05, 0) is 55.8 Å². The fraction of sp³-hybridized carbons (Fsp3) is 0.240. The van der Waals surface area contributed by atoms with Crippen molar-refractivity contribution in [3.8, 4) is 5.75 Å². The SMILES string of the molecule is Cc1ccc(NS(=O)(=O)c2ccc(C)c(C(=O)N3CCN(c4ccccc4O)CC3)c2)cc1. The molecule has 0 radical (unpaired) electrons. The lowest BCUT2D eigenvalue weighted by Gasteiger charge is -2.36. The number of para-hydroxylation sites is 2. The number of anilines is 2. The summed E-state index contributed by atoms with van der Waals surface area (Å²) in [6.45, 7) is 5.84. The highest BCUT2D eigenvalue weighted by molar-refractivity contribution is 7.92. The first-order chi connectivity index (χ1) is 15.7. The van der Waals surface area contributed by atoms with E-state index in [9.17, 15) is 18.3 Å². The first-order valence-electron chi connectivity index (χ1n) is 10.8. The number of nitrogens with zero attached hydrogens (tertiary/aromatic N) is 2. The van der Waals surface area contributed by atoms with Crippen molar-refractivity contribution in [1.29, 1.82) is 0 Å². The predicted molar refractivity (Wildman–Crippen MR) is 129 cm³/mol. The zero-order valence-electron chi connectivity index (χ0n) is 18.7. The van der Waals surface area contributed by atoms with Crippen molar-refractivity contribution in [2.24, 2.45) is 0 Å². The van der Waals surface area contributed by atoms with Crippen LogP contribution in [0.4, 0.5) is 11.4 Å². The molecule has 7 nitrogen and oxygen atoms in total. The Morgan fingerprint density at radius 2 is 1.58 bits per heavy atom. The standard InChI is InChI=1S/C25H27N3O4S/c1-18-7-10-20(11-8-18)26-33(31,32)21-12-9-19(2)22(17-21)25(30)28-15-13-27(14-16-28)23-5-3-4-6-24(23)29/h3-12,17,26,29H,13-16H2,1-2H3. The number of rotatable bonds is 5. The number of aryl methyl sites for hydroxylation is 2. The highest BCUT2D eigenvalue weighted by Gasteiger charge is 2.26. The number of carbonyl (C=O) groups excluding carboxylic acids is 1. The molecule has 3 aromatic rings. The molecule has 0 bridgehead atoms. The third kappa shape index (κ3) is 4.96. The van der Waals surface area contributed by atoms with Crippen molar-refractivity contribution in [2.45, 2.75) is 18.7 Å². The van der Waals surface area contributed by atoms with Crippen LogP contribution in [0.15, 0.2) is 71.6 Å². The fourth-order valence-corrected chi connectivity index (χ4v) is 4.97. The minimum atomic E-state index is -3.84. The summed E-state index contributed by atoms with van der Waals surface area (Å²) < 4.78 is 28.4. The van der Waals surface area contributed by atoms with Crippen LogP contribution < -0.4 is 9.62 Å². The topological polar surface area (TPSA) is 90.0 Å². The van der Waals surface area contributed by atoms with Gasteiger partial charge in [-0.15, -0.1) is 0 Å². The van der Waals surface area contributed by atoms with Gasteiger partial charge >= 0.3 is 0 Å². The smallest absolute Gasteiger partial charge is 0.261 e. The molecule has 0 spiro atoms. The first kappa shape index (κ1) is 22.7. The van der Waals surface area contributed by atoms with Gasteiger partial charge in [0.25, 0.3) is 15.9 Å². The number of hydrogen-bond donors (Lipinski definition) is 2. The van der Waals surface area contributed by atoms with E-state index in [1.807, 2.05) is 36.1 Å². The van der Waals surface area contributed by atoms with Crippen LogP contribution in [0.3, 0.4) is 0 Å². The lowest BCUT2D eigenvalue weighted by molar-refractivity contribution is 0.0745. The van der Waals surface area contributed by atoms with Crippen LogP contribution in [-0.4, -0.2) is 50.5 Å². The van der Waals surface area contributed by atoms with Gasteiger partial charge in [0, 0.05) is 37.4 Å². The minimum absolute atomic E-state index is 0.0462. The largest absolute Gasteiger partial charge is 0.506 e. The van der Waals surface area contributed by atoms with Gasteiger partial charge in [-0.25, -0.2) is 8.42 Å². The van der Waals surface area contributed by atoms with Crippen LogP contribution in [-0.2, 0) is 10.0 Å². The Morgan fingerprint density at radius 1 is 0.909 bits per heavy atom. The lowest BCUT2D eigenvalue weighted by atomic mass is 10.1. The van der Waals surface area contributed by atoms with Gasteiger partial charge in [0.15, 0.2) is 0 Å². The van der Waals surface area contributed by atoms with E-state index in [1.54, 1.807) is 42.2 Å². The summed E-state index contributed by atoms with van der Waals surface area (Å²) in [6, 6.07) is 18.8. The Morgan fingerprint density at radius 3 is 2.24 bits per heavy atom. The predicted octanol–water partition coefficient (Wildman–Crippen LogP) is 3.77. The van der Waals surface area contributed by atoms with Gasteiger partial charge in [0.2, 0.25) is 0 Å². The van der Waals surface area contributed by atoms with Crippen molar-refractivity contribution in [1.82, 2.24) is 4.90 Å². The maximum atomic E-state index is 13.2. The molecule has 4 rings (SSSR count). The molecule has 0 aliphatic carbocycles. The molecule has 1 amide bonds. The number of piperazine rings is 1. The van der Waals surface area contributed by atoms with Gasteiger partial charge in [-0.3, -0.25) is 9.52 Å². The van der Waals surface area contributed by atoms with Gasteiger partial charge in [-0.1, -0.05) is 35.9 Å². The number of carbonyl (C=O) groups is 1. The molecule has 1 aliphatic rings. The molecule has 1 aliphatic heterocycles. The minimum Gasteiger partial charge on any atom is -0.506 e. The second-order valence-corrected chi connectivity index (χ2v) is 9.90. The van der Waals surface area contributed by atoms with Gasteiger partial charge in [-0.2, -0.15) is 0 Å². The molecule has 1 saturated heterocycles. The van der Waals surface area contributed by atoms with Crippen LogP contribution in [0.2, 0.25) is 0 Å². The normalized spacial score (nSPS) is 14.2. The Labute approximate surface area is 194 Å². The van der Waals surface area contributed by atoms with Crippen LogP contribution in [0.5, 0.6) is 5.75 Å². The Kier molecular flexibility index (Phi) is 6.29. The molecular formula is C25H27N3O4S. The number of phenols is 1.